The number of guanidine groups is 1. The Morgan fingerprint density at radius 1 is 1.36 bits per heavy atom. The molecule has 9 heteroatoms. The van der Waals surface area contributed by atoms with Gasteiger partial charge in [-0.2, -0.15) is 11.8 Å². The number of thioether (sulfide) groups is 1. The minimum absolute atomic E-state index is 0. The van der Waals surface area contributed by atoms with Crippen LogP contribution in [0.25, 0.3) is 0 Å². The van der Waals surface area contributed by atoms with Crippen molar-refractivity contribution in [3.63, 3.8) is 0 Å². The van der Waals surface area contributed by atoms with Gasteiger partial charge < -0.3 is 15.4 Å². The third-order valence-electron chi connectivity index (χ3n) is 2.96. The largest absolute Gasteiger partial charge is 0.379 e. The van der Waals surface area contributed by atoms with E-state index in [0.717, 1.165) is 19.0 Å². The van der Waals surface area contributed by atoms with Crippen LogP contribution in [0, 0.1) is 0 Å². The molecule has 0 amide bonds. The number of ether oxygens (including phenoxy) is 1. The summed E-state index contributed by atoms with van der Waals surface area (Å²) in [5.74, 6) is 2.12. The molecule has 1 heterocycles. The highest BCUT2D eigenvalue weighted by Gasteiger charge is 2.14. The maximum absolute atomic E-state index is 10.9. The van der Waals surface area contributed by atoms with Gasteiger partial charge in [0.2, 0.25) is 0 Å². The molecule has 1 saturated heterocycles. The van der Waals surface area contributed by atoms with Crippen molar-refractivity contribution in [1.29, 1.82) is 0 Å². The van der Waals surface area contributed by atoms with Gasteiger partial charge >= 0.3 is 0 Å². The van der Waals surface area contributed by atoms with Crippen molar-refractivity contribution >= 4 is 51.5 Å². The van der Waals surface area contributed by atoms with Gasteiger partial charge in [-0.1, -0.05) is 0 Å². The number of nitrogens with zero attached hydrogens (tertiary/aromatic N) is 1. The maximum atomic E-state index is 10.9. The standard InChI is InChI=1S/C13H27N3O3S2.HI/c1-3-14-13(16-11-12-5-4-9-20-12)15-6-7-19-8-10-21(2,17)18;/h12H,3-11H2,1-2H3,(H2,14,15,16);1H. The third-order valence-corrected chi connectivity index (χ3v) is 5.25. The fourth-order valence-electron chi connectivity index (χ4n) is 1.88. The fraction of sp³-hybridized carbons (Fsp3) is 0.923. The number of hydrogen-bond donors (Lipinski definition) is 2. The van der Waals surface area contributed by atoms with Gasteiger partial charge in [-0.15, -0.1) is 24.0 Å². The Labute approximate surface area is 155 Å². The van der Waals surface area contributed by atoms with Crippen LogP contribution in [-0.4, -0.2) is 70.2 Å². The molecule has 6 nitrogen and oxygen atoms in total. The zero-order valence-electron chi connectivity index (χ0n) is 13.3. The minimum atomic E-state index is -2.94. The highest BCUT2D eigenvalue weighted by Crippen LogP contribution is 2.25. The van der Waals surface area contributed by atoms with Crippen LogP contribution in [0.3, 0.4) is 0 Å². The van der Waals surface area contributed by atoms with Crippen molar-refractivity contribution in [1.82, 2.24) is 10.6 Å². The van der Waals surface area contributed by atoms with Crippen molar-refractivity contribution in [2.45, 2.75) is 25.0 Å². The van der Waals surface area contributed by atoms with E-state index < -0.39 is 9.84 Å². The van der Waals surface area contributed by atoms with E-state index in [0.29, 0.717) is 18.4 Å². The summed E-state index contributed by atoms with van der Waals surface area (Å²) in [5.41, 5.74) is 0. The van der Waals surface area contributed by atoms with Crippen molar-refractivity contribution < 1.29 is 13.2 Å². The maximum Gasteiger partial charge on any atom is 0.191 e. The molecular weight excluding hydrogens is 437 g/mol. The van der Waals surface area contributed by atoms with E-state index in [4.69, 9.17) is 4.74 Å². The molecule has 1 rings (SSSR count). The number of hydrogen-bond acceptors (Lipinski definition) is 5. The fourth-order valence-corrected chi connectivity index (χ4v) is 3.48. The summed E-state index contributed by atoms with van der Waals surface area (Å²) in [6, 6.07) is 0. The van der Waals surface area contributed by atoms with Crippen molar-refractivity contribution in [2.24, 2.45) is 4.99 Å². The third kappa shape index (κ3) is 11.8. The van der Waals surface area contributed by atoms with Gasteiger partial charge in [0, 0.05) is 24.6 Å². The normalized spacial score (nSPS) is 18.8. The lowest BCUT2D eigenvalue weighted by atomic mass is 10.2. The molecule has 0 spiro atoms. The van der Waals surface area contributed by atoms with Crippen LogP contribution in [0.5, 0.6) is 0 Å². The summed E-state index contributed by atoms with van der Waals surface area (Å²) in [5, 5.41) is 7.04. The Morgan fingerprint density at radius 3 is 2.73 bits per heavy atom. The van der Waals surface area contributed by atoms with Crippen LogP contribution in [0.15, 0.2) is 4.99 Å². The summed E-state index contributed by atoms with van der Waals surface area (Å²) in [4.78, 5) is 4.57. The van der Waals surface area contributed by atoms with Crippen LogP contribution in [0.2, 0.25) is 0 Å². The van der Waals surface area contributed by atoms with Gasteiger partial charge in [-0.3, -0.25) is 4.99 Å². The molecule has 1 aliphatic rings. The molecule has 0 radical (unpaired) electrons. The van der Waals surface area contributed by atoms with Crippen molar-refractivity contribution in [3.05, 3.63) is 0 Å². The second-order valence-electron chi connectivity index (χ2n) is 5.02. The van der Waals surface area contributed by atoms with E-state index in [1.807, 2.05) is 18.7 Å². The summed E-state index contributed by atoms with van der Waals surface area (Å²) < 4.78 is 27.2. The van der Waals surface area contributed by atoms with Crippen LogP contribution >= 0.6 is 35.7 Å². The molecule has 1 atom stereocenters. The molecule has 2 N–H and O–H groups in total. The van der Waals surface area contributed by atoms with Crippen molar-refractivity contribution in [2.75, 3.05) is 50.6 Å². The highest BCUT2D eigenvalue weighted by molar-refractivity contribution is 14.0. The predicted octanol–water partition coefficient (Wildman–Crippen LogP) is 1.12. The molecule has 132 valence electrons. The lowest BCUT2D eigenvalue weighted by Gasteiger charge is -2.12. The molecule has 0 saturated carbocycles. The van der Waals surface area contributed by atoms with Gasteiger partial charge in [0.05, 0.1) is 25.5 Å². The number of nitrogens with one attached hydrogen (secondary N) is 2. The molecule has 0 aromatic rings. The van der Waals surface area contributed by atoms with Crippen molar-refractivity contribution in [3.8, 4) is 0 Å². The number of aliphatic imine (C=N–C) groups is 1. The van der Waals surface area contributed by atoms with Gasteiger partial charge in [-0.05, 0) is 25.5 Å². The number of halogens is 1. The Balaban J connectivity index is 0.00000441. The average Bonchev–Trinajstić information content (AvgIpc) is 2.91. The molecule has 1 unspecified atom stereocenters. The first-order valence-electron chi connectivity index (χ1n) is 7.40. The van der Waals surface area contributed by atoms with Gasteiger partial charge in [-0.25, -0.2) is 8.42 Å². The van der Waals surface area contributed by atoms with E-state index in [-0.39, 0.29) is 36.3 Å². The molecule has 0 aromatic heterocycles. The van der Waals surface area contributed by atoms with Crippen LogP contribution < -0.4 is 10.6 Å². The van der Waals surface area contributed by atoms with E-state index >= 15 is 0 Å². The summed E-state index contributed by atoms with van der Waals surface area (Å²) in [6.07, 6.45) is 3.76. The molecule has 1 fully saturated rings. The molecule has 1 aliphatic heterocycles. The summed E-state index contributed by atoms with van der Waals surface area (Å²) in [6.45, 7) is 5.02. The van der Waals surface area contributed by atoms with Gasteiger partial charge in [0.25, 0.3) is 0 Å². The molecule has 0 aromatic carbocycles. The highest BCUT2D eigenvalue weighted by atomic mass is 127. The van der Waals surface area contributed by atoms with E-state index in [2.05, 4.69) is 15.6 Å². The van der Waals surface area contributed by atoms with E-state index in [1.165, 1.54) is 24.9 Å². The summed E-state index contributed by atoms with van der Waals surface area (Å²) in [7, 11) is -2.94. The van der Waals surface area contributed by atoms with Crippen LogP contribution in [-0.2, 0) is 14.6 Å². The minimum Gasteiger partial charge on any atom is -0.379 e. The average molecular weight is 465 g/mol. The van der Waals surface area contributed by atoms with Crippen LogP contribution in [0.4, 0.5) is 0 Å². The Hall–Kier alpha value is 0.260. The SMILES string of the molecule is CCNC(=NCC1CCCS1)NCCOCCS(C)(=O)=O.I. The van der Waals surface area contributed by atoms with E-state index in [9.17, 15) is 8.42 Å². The second-order valence-corrected chi connectivity index (χ2v) is 8.69. The second kappa shape index (κ2) is 12.7. The predicted molar refractivity (Wildman–Crippen MR) is 105 cm³/mol. The molecule has 22 heavy (non-hydrogen) atoms. The zero-order valence-corrected chi connectivity index (χ0v) is 17.3. The van der Waals surface area contributed by atoms with Crippen LogP contribution in [0.1, 0.15) is 19.8 Å². The topological polar surface area (TPSA) is 79.8 Å². The zero-order chi connectivity index (χ0) is 15.6. The monoisotopic (exact) mass is 465 g/mol. The summed E-state index contributed by atoms with van der Waals surface area (Å²) >= 11 is 2.00. The van der Waals surface area contributed by atoms with Gasteiger partial charge in [0.15, 0.2) is 5.96 Å². The number of sulfone groups is 1. The Morgan fingerprint density at radius 2 is 2.14 bits per heavy atom. The first-order valence-corrected chi connectivity index (χ1v) is 10.5. The quantitative estimate of drug-likeness (QED) is 0.230. The molecule has 0 aliphatic carbocycles. The Bertz CT molecular complexity index is 413. The lowest BCUT2D eigenvalue weighted by Crippen LogP contribution is -2.39. The lowest BCUT2D eigenvalue weighted by molar-refractivity contribution is 0.154. The number of rotatable bonds is 9. The molecule has 0 bridgehead atoms. The van der Waals surface area contributed by atoms with E-state index in [1.54, 1.807) is 0 Å². The Kier molecular flexibility index (Phi) is 12.8. The smallest absolute Gasteiger partial charge is 0.191 e. The molecular formula is C13H28IN3O3S2. The van der Waals surface area contributed by atoms with Gasteiger partial charge in [0.1, 0.15) is 9.84 Å². The first kappa shape index (κ1) is 22.3. The first-order chi connectivity index (χ1) is 10.0.